The number of carbonyl (C=O) groups is 1. The van der Waals surface area contributed by atoms with Crippen molar-refractivity contribution in [3.05, 3.63) is 29.7 Å². The van der Waals surface area contributed by atoms with Crippen LogP contribution in [-0.2, 0) is 0 Å². The molecule has 6 nitrogen and oxygen atoms in total. The predicted molar refractivity (Wildman–Crippen MR) is 76.8 cm³/mol. The number of halogens is 1. The summed E-state index contributed by atoms with van der Waals surface area (Å²) < 4.78 is 5.49. The van der Waals surface area contributed by atoms with Gasteiger partial charge in [0.25, 0.3) is 5.91 Å². The summed E-state index contributed by atoms with van der Waals surface area (Å²) in [7, 11) is 0. The Morgan fingerprint density at radius 3 is 2.95 bits per heavy atom. The van der Waals surface area contributed by atoms with E-state index in [4.69, 9.17) is 10.2 Å². The third-order valence-corrected chi connectivity index (χ3v) is 3.31. The van der Waals surface area contributed by atoms with Crippen LogP contribution in [0.15, 0.2) is 22.6 Å². The van der Waals surface area contributed by atoms with Crippen LogP contribution in [0.5, 0.6) is 0 Å². The predicted octanol–water partition coefficient (Wildman–Crippen LogP) is 1.57. The van der Waals surface area contributed by atoms with Crippen LogP contribution in [0.1, 0.15) is 22.7 Å². The lowest BCUT2D eigenvalue weighted by Gasteiger charge is -2.13. The summed E-state index contributed by atoms with van der Waals surface area (Å²) in [5, 5.41) is 6.88. The molecule has 3 N–H and O–H groups in total. The number of H-pyrrole nitrogens is 1. The van der Waals surface area contributed by atoms with Gasteiger partial charge in [0.05, 0.1) is 0 Å². The minimum atomic E-state index is -0.0845. The van der Waals surface area contributed by atoms with E-state index in [0.29, 0.717) is 30.2 Å². The van der Waals surface area contributed by atoms with E-state index >= 15 is 0 Å². The first-order valence-electron chi connectivity index (χ1n) is 6.30. The molecule has 0 saturated carbocycles. The molecule has 2 aromatic rings. The van der Waals surface area contributed by atoms with Crippen molar-refractivity contribution in [2.24, 2.45) is 5.73 Å². The van der Waals surface area contributed by atoms with Crippen LogP contribution in [0.2, 0.25) is 0 Å². The average molecular weight is 297 g/mol. The SMILES string of the molecule is Cc1ccc(-c2cc(C(=O)N3CC[C@@H](N)C3)n[nH]2)o1.Cl. The lowest BCUT2D eigenvalue weighted by atomic mass is 10.3. The van der Waals surface area contributed by atoms with Gasteiger partial charge in [-0.25, -0.2) is 0 Å². The molecule has 0 radical (unpaired) electrons. The van der Waals surface area contributed by atoms with Gasteiger partial charge >= 0.3 is 0 Å². The second-order valence-electron chi connectivity index (χ2n) is 4.88. The Hall–Kier alpha value is -1.79. The number of aromatic nitrogens is 2. The van der Waals surface area contributed by atoms with Crippen molar-refractivity contribution in [3.63, 3.8) is 0 Å². The van der Waals surface area contributed by atoms with Crippen molar-refractivity contribution >= 4 is 18.3 Å². The summed E-state index contributed by atoms with van der Waals surface area (Å²) in [4.78, 5) is 13.9. The lowest BCUT2D eigenvalue weighted by Crippen LogP contribution is -2.32. The topological polar surface area (TPSA) is 88.1 Å². The van der Waals surface area contributed by atoms with Crippen LogP contribution >= 0.6 is 12.4 Å². The molecule has 1 saturated heterocycles. The highest BCUT2D eigenvalue weighted by molar-refractivity contribution is 5.93. The monoisotopic (exact) mass is 296 g/mol. The third-order valence-electron chi connectivity index (χ3n) is 3.31. The molecule has 7 heteroatoms. The van der Waals surface area contributed by atoms with Gasteiger partial charge in [0.2, 0.25) is 0 Å². The molecule has 0 aliphatic carbocycles. The maximum atomic E-state index is 12.2. The molecular weight excluding hydrogens is 280 g/mol. The fraction of sp³-hybridized carbons (Fsp3) is 0.385. The Labute approximate surface area is 122 Å². The standard InChI is InChI=1S/C13H16N4O2.ClH/c1-8-2-3-12(19-8)10-6-11(16-15-10)13(18)17-5-4-9(14)7-17;/h2-3,6,9H,4-5,7,14H2,1H3,(H,15,16);1H/t9-;/m1./s1. The molecule has 3 heterocycles. The van der Waals surface area contributed by atoms with E-state index in [2.05, 4.69) is 10.2 Å². The molecule has 1 fully saturated rings. The molecule has 0 aromatic carbocycles. The molecule has 1 aliphatic rings. The van der Waals surface area contributed by atoms with Gasteiger partial charge in [-0.15, -0.1) is 12.4 Å². The smallest absolute Gasteiger partial charge is 0.274 e. The van der Waals surface area contributed by atoms with E-state index in [-0.39, 0.29) is 24.4 Å². The Morgan fingerprint density at radius 2 is 2.35 bits per heavy atom. The highest BCUT2D eigenvalue weighted by Crippen LogP contribution is 2.21. The van der Waals surface area contributed by atoms with Crippen LogP contribution in [0.3, 0.4) is 0 Å². The molecule has 3 rings (SSSR count). The van der Waals surface area contributed by atoms with Gasteiger partial charge in [0, 0.05) is 25.2 Å². The summed E-state index contributed by atoms with van der Waals surface area (Å²) in [6.45, 7) is 3.17. The molecule has 1 amide bonds. The van der Waals surface area contributed by atoms with E-state index in [1.165, 1.54) is 0 Å². The first-order chi connectivity index (χ1) is 9.13. The maximum absolute atomic E-state index is 12.2. The molecule has 2 aromatic heterocycles. The molecule has 108 valence electrons. The number of likely N-dealkylation sites (tertiary alicyclic amines) is 1. The maximum Gasteiger partial charge on any atom is 0.274 e. The highest BCUT2D eigenvalue weighted by Gasteiger charge is 2.26. The number of aromatic amines is 1. The number of nitrogens with two attached hydrogens (primary N) is 1. The number of hydrogen-bond acceptors (Lipinski definition) is 4. The number of hydrogen-bond donors (Lipinski definition) is 2. The zero-order valence-corrected chi connectivity index (χ0v) is 11.9. The number of nitrogens with zero attached hydrogens (tertiary/aromatic N) is 2. The molecule has 0 spiro atoms. The van der Waals surface area contributed by atoms with E-state index < -0.39 is 0 Å². The minimum Gasteiger partial charge on any atom is -0.460 e. The highest BCUT2D eigenvalue weighted by atomic mass is 35.5. The second kappa shape index (κ2) is 5.68. The van der Waals surface area contributed by atoms with E-state index in [0.717, 1.165) is 12.2 Å². The Balaban J connectivity index is 0.00000147. The summed E-state index contributed by atoms with van der Waals surface area (Å²) in [6, 6.07) is 5.51. The van der Waals surface area contributed by atoms with E-state index in [1.54, 1.807) is 11.0 Å². The van der Waals surface area contributed by atoms with E-state index in [1.807, 2.05) is 19.1 Å². The fourth-order valence-corrected chi connectivity index (χ4v) is 2.27. The van der Waals surface area contributed by atoms with Crippen LogP contribution in [0.25, 0.3) is 11.5 Å². The van der Waals surface area contributed by atoms with Crippen molar-refractivity contribution < 1.29 is 9.21 Å². The van der Waals surface area contributed by atoms with Gasteiger partial charge in [-0.1, -0.05) is 0 Å². The van der Waals surface area contributed by atoms with Gasteiger partial charge in [0.1, 0.15) is 11.5 Å². The van der Waals surface area contributed by atoms with E-state index in [9.17, 15) is 4.79 Å². The Kier molecular flexibility index (Phi) is 4.15. The Bertz CT molecular complexity index is 607. The van der Waals surface area contributed by atoms with Crippen LogP contribution < -0.4 is 5.73 Å². The summed E-state index contributed by atoms with van der Waals surface area (Å²) in [5.41, 5.74) is 6.91. The van der Waals surface area contributed by atoms with Crippen molar-refractivity contribution in [3.8, 4) is 11.5 Å². The molecule has 1 atom stereocenters. The fourth-order valence-electron chi connectivity index (χ4n) is 2.27. The molecule has 20 heavy (non-hydrogen) atoms. The van der Waals surface area contributed by atoms with Gasteiger partial charge in [0.15, 0.2) is 11.5 Å². The first-order valence-corrected chi connectivity index (χ1v) is 6.30. The number of amides is 1. The van der Waals surface area contributed by atoms with Crippen molar-refractivity contribution in [1.29, 1.82) is 0 Å². The van der Waals surface area contributed by atoms with Crippen LogP contribution in [0.4, 0.5) is 0 Å². The largest absolute Gasteiger partial charge is 0.460 e. The second-order valence-corrected chi connectivity index (χ2v) is 4.88. The third kappa shape index (κ3) is 2.71. The molecule has 0 unspecified atom stereocenters. The lowest BCUT2D eigenvalue weighted by molar-refractivity contribution is 0.0785. The van der Waals surface area contributed by atoms with Gasteiger partial charge in [-0.2, -0.15) is 5.10 Å². The average Bonchev–Trinajstić information content (AvgIpc) is 3.07. The van der Waals surface area contributed by atoms with Crippen molar-refractivity contribution in [1.82, 2.24) is 15.1 Å². The van der Waals surface area contributed by atoms with Crippen LogP contribution in [0, 0.1) is 6.92 Å². The number of furan rings is 1. The van der Waals surface area contributed by atoms with Gasteiger partial charge in [-0.3, -0.25) is 9.89 Å². The minimum absolute atomic E-state index is 0. The van der Waals surface area contributed by atoms with Gasteiger partial charge < -0.3 is 15.1 Å². The van der Waals surface area contributed by atoms with Gasteiger partial charge in [-0.05, 0) is 25.5 Å². The van der Waals surface area contributed by atoms with Crippen molar-refractivity contribution in [2.75, 3.05) is 13.1 Å². The normalized spacial score (nSPS) is 18.1. The summed E-state index contributed by atoms with van der Waals surface area (Å²) in [6.07, 6.45) is 0.848. The van der Waals surface area contributed by atoms with Crippen LogP contribution in [-0.4, -0.2) is 40.1 Å². The quantitative estimate of drug-likeness (QED) is 0.880. The number of rotatable bonds is 2. The number of aryl methyl sites for hydroxylation is 1. The zero-order valence-electron chi connectivity index (χ0n) is 11.1. The number of nitrogens with one attached hydrogen (secondary N) is 1. The Morgan fingerprint density at radius 1 is 1.55 bits per heavy atom. The molecule has 0 bridgehead atoms. The summed E-state index contributed by atoms with van der Waals surface area (Å²) in [5.74, 6) is 1.42. The first kappa shape index (κ1) is 14.6. The number of carbonyl (C=O) groups excluding carboxylic acids is 1. The summed E-state index contributed by atoms with van der Waals surface area (Å²) >= 11 is 0. The molecule has 1 aliphatic heterocycles. The molecular formula is C13H17ClN4O2. The zero-order chi connectivity index (χ0) is 13.4. The van der Waals surface area contributed by atoms with Crippen molar-refractivity contribution in [2.45, 2.75) is 19.4 Å².